The van der Waals surface area contributed by atoms with Crippen molar-refractivity contribution in [2.75, 3.05) is 49.1 Å². The Morgan fingerprint density at radius 3 is 2.21 bits per heavy atom. The summed E-state index contributed by atoms with van der Waals surface area (Å²) in [6, 6.07) is 6.23. The van der Waals surface area contributed by atoms with Gasteiger partial charge in [-0.25, -0.2) is 0 Å². The first-order chi connectivity index (χ1) is 13.5. The molecule has 0 amide bonds. The minimum atomic E-state index is 0.175. The summed E-state index contributed by atoms with van der Waals surface area (Å²) in [6.45, 7) is 0.994. The number of nitrogens with zero attached hydrogens (tertiary/aromatic N) is 1. The first-order valence-corrected chi connectivity index (χ1v) is 9.29. The van der Waals surface area contributed by atoms with Crippen molar-refractivity contribution in [3.05, 3.63) is 34.9 Å². The van der Waals surface area contributed by atoms with Crippen LogP contribution in [0.25, 0.3) is 11.1 Å². The van der Waals surface area contributed by atoms with Gasteiger partial charge in [0.2, 0.25) is 0 Å². The predicted molar refractivity (Wildman–Crippen MR) is 109 cm³/mol. The predicted octanol–water partition coefficient (Wildman–Crippen LogP) is 3.43. The lowest BCUT2D eigenvalue weighted by Crippen LogP contribution is -2.35. The van der Waals surface area contributed by atoms with E-state index in [0.717, 1.165) is 36.1 Å². The first kappa shape index (κ1) is 20.3. The van der Waals surface area contributed by atoms with Gasteiger partial charge < -0.3 is 24.1 Å². The van der Waals surface area contributed by atoms with Gasteiger partial charge in [-0.1, -0.05) is 6.07 Å². The topological polar surface area (TPSA) is 60.4 Å². The van der Waals surface area contributed by atoms with E-state index in [-0.39, 0.29) is 11.8 Å². The summed E-state index contributed by atoms with van der Waals surface area (Å²) in [5.41, 5.74) is 5.32. The van der Waals surface area contributed by atoms with E-state index in [0.29, 0.717) is 17.2 Å². The van der Waals surface area contributed by atoms with Gasteiger partial charge in [-0.3, -0.25) is 4.90 Å². The SMILES string of the molecule is COC.COc1cc2c3c(c1O)-c1c(ccc(OC)c1OC)C[C@@H]3N(C)CC2. The van der Waals surface area contributed by atoms with Gasteiger partial charge in [0.1, 0.15) is 0 Å². The number of ether oxygens (including phenoxy) is 4. The number of benzene rings is 2. The van der Waals surface area contributed by atoms with Gasteiger partial charge >= 0.3 is 0 Å². The first-order valence-electron chi connectivity index (χ1n) is 9.29. The summed E-state index contributed by atoms with van der Waals surface area (Å²) in [6.07, 6.45) is 1.82. The Bertz CT molecular complexity index is 865. The number of hydrogen-bond acceptors (Lipinski definition) is 6. The number of fused-ring (bicyclic) bond motifs is 2. The zero-order chi connectivity index (χ0) is 20.4. The van der Waals surface area contributed by atoms with Crippen molar-refractivity contribution >= 4 is 0 Å². The molecule has 1 aliphatic carbocycles. The van der Waals surface area contributed by atoms with Crippen LogP contribution in [0.3, 0.4) is 0 Å². The Labute approximate surface area is 166 Å². The van der Waals surface area contributed by atoms with Crippen LogP contribution in [0.1, 0.15) is 22.7 Å². The molecule has 152 valence electrons. The molecule has 2 aromatic carbocycles. The Kier molecular flexibility index (Phi) is 6.01. The Morgan fingerprint density at radius 1 is 0.929 bits per heavy atom. The van der Waals surface area contributed by atoms with E-state index >= 15 is 0 Å². The lowest BCUT2D eigenvalue weighted by atomic mass is 9.76. The summed E-state index contributed by atoms with van der Waals surface area (Å²) in [5.74, 6) is 2.01. The number of phenolic OH excluding ortho intramolecular Hbond substituents is 1. The van der Waals surface area contributed by atoms with Crippen LogP contribution < -0.4 is 14.2 Å². The largest absolute Gasteiger partial charge is 0.504 e. The molecular weight excluding hydrogens is 358 g/mol. The molecule has 6 nitrogen and oxygen atoms in total. The van der Waals surface area contributed by atoms with Gasteiger partial charge in [-0.2, -0.15) is 0 Å². The molecule has 0 bridgehead atoms. The van der Waals surface area contributed by atoms with Crippen molar-refractivity contribution in [2.24, 2.45) is 0 Å². The van der Waals surface area contributed by atoms with Crippen molar-refractivity contribution in [3.8, 4) is 34.1 Å². The van der Waals surface area contributed by atoms with E-state index in [1.54, 1.807) is 35.5 Å². The van der Waals surface area contributed by atoms with Crippen LogP contribution in [0.5, 0.6) is 23.0 Å². The van der Waals surface area contributed by atoms with Crippen LogP contribution in [0.15, 0.2) is 18.2 Å². The maximum absolute atomic E-state index is 11.0. The highest BCUT2D eigenvalue weighted by Gasteiger charge is 2.37. The van der Waals surface area contributed by atoms with Crippen molar-refractivity contribution in [3.63, 3.8) is 0 Å². The molecule has 0 saturated heterocycles. The van der Waals surface area contributed by atoms with Crippen LogP contribution in [0, 0.1) is 0 Å². The van der Waals surface area contributed by atoms with Gasteiger partial charge in [-0.15, -0.1) is 0 Å². The summed E-state index contributed by atoms with van der Waals surface area (Å²) in [7, 11) is 10.3. The molecule has 0 spiro atoms. The van der Waals surface area contributed by atoms with Crippen LogP contribution in [-0.4, -0.2) is 59.1 Å². The highest BCUT2D eigenvalue weighted by molar-refractivity contribution is 5.88. The normalized spacial score (nSPS) is 17.0. The molecule has 2 aromatic rings. The second-order valence-corrected chi connectivity index (χ2v) is 7.07. The van der Waals surface area contributed by atoms with Crippen molar-refractivity contribution < 1.29 is 24.1 Å². The summed E-state index contributed by atoms with van der Waals surface area (Å²) < 4.78 is 20.9. The van der Waals surface area contributed by atoms with E-state index < -0.39 is 0 Å². The standard InChI is InChI=1S/C20H23NO4.C2H6O/c1-21-8-7-12-10-15(24-3)19(22)18-16(12)13(21)9-11-5-6-14(23-2)20(25-4)17(11)18;1-3-2/h5-6,10,13,22H,7-9H2,1-4H3;1-2H3/t13-;/m0./s1. The highest BCUT2D eigenvalue weighted by atomic mass is 16.5. The summed E-state index contributed by atoms with van der Waals surface area (Å²) in [5, 5.41) is 11.0. The third kappa shape index (κ3) is 3.16. The molecule has 0 radical (unpaired) electrons. The van der Waals surface area contributed by atoms with Crippen molar-refractivity contribution in [1.29, 1.82) is 0 Å². The fraction of sp³-hybridized carbons (Fsp3) is 0.455. The molecule has 1 aliphatic heterocycles. The van der Waals surface area contributed by atoms with Crippen LogP contribution in [0.2, 0.25) is 0 Å². The van der Waals surface area contributed by atoms with Crippen LogP contribution >= 0.6 is 0 Å². The number of phenols is 1. The van der Waals surface area contributed by atoms with Crippen LogP contribution in [-0.2, 0) is 17.6 Å². The Hall–Kier alpha value is -2.44. The van der Waals surface area contributed by atoms with Gasteiger partial charge in [0, 0.05) is 37.9 Å². The second kappa shape index (κ2) is 8.29. The second-order valence-electron chi connectivity index (χ2n) is 7.07. The number of methoxy groups -OCH3 is 4. The molecule has 1 N–H and O–H groups in total. The molecule has 4 rings (SSSR count). The number of hydrogen-bond donors (Lipinski definition) is 1. The molecule has 1 atom stereocenters. The smallest absolute Gasteiger partial charge is 0.168 e. The minimum absolute atomic E-state index is 0.175. The lowest BCUT2D eigenvalue weighted by molar-refractivity contribution is 0.226. The van der Waals surface area contributed by atoms with Crippen LogP contribution in [0.4, 0.5) is 0 Å². The molecule has 0 saturated carbocycles. The molecule has 28 heavy (non-hydrogen) atoms. The lowest BCUT2D eigenvalue weighted by Gasteiger charge is -2.40. The number of aromatic hydroxyl groups is 1. The minimum Gasteiger partial charge on any atom is -0.504 e. The van der Waals surface area contributed by atoms with E-state index in [4.69, 9.17) is 14.2 Å². The Morgan fingerprint density at radius 2 is 1.61 bits per heavy atom. The van der Waals surface area contributed by atoms with Crippen molar-refractivity contribution in [2.45, 2.75) is 18.9 Å². The van der Waals surface area contributed by atoms with Crippen molar-refractivity contribution in [1.82, 2.24) is 4.90 Å². The summed E-state index contributed by atoms with van der Waals surface area (Å²) >= 11 is 0. The average Bonchev–Trinajstić information content (AvgIpc) is 2.71. The fourth-order valence-electron chi connectivity index (χ4n) is 4.26. The van der Waals surface area contributed by atoms with Gasteiger partial charge in [0.15, 0.2) is 23.0 Å². The molecule has 0 unspecified atom stereocenters. The zero-order valence-electron chi connectivity index (χ0n) is 17.5. The maximum Gasteiger partial charge on any atom is 0.168 e. The molecule has 1 heterocycles. The van der Waals surface area contributed by atoms with E-state index in [1.807, 2.05) is 12.1 Å². The summed E-state index contributed by atoms with van der Waals surface area (Å²) in [4.78, 5) is 2.36. The zero-order valence-corrected chi connectivity index (χ0v) is 17.5. The van der Waals surface area contributed by atoms with E-state index in [1.165, 1.54) is 11.1 Å². The molecule has 6 heteroatoms. The fourth-order valence-corrected chi connectivity index (χ4v) is 4.26. The molecular formula is C22H29NO5. The quantitative estimate of drug-likeness (QED) is 0.871. The third-order valence-corrected chi connectivity index (χ3v) is 5.51. The van der Waals surface area contributed by atoms with E-state index in [2.05, 4.69) is 22.8 Å². The maximum atomic E-state index is 11.0. The third-order valence-electron chi connectivity index (χ3n) is 5.51. The van der Waals surface area contributed by atoms with Gasteiger partial charge in [-0.05, 0) is 48.7 Å². The number of rotatable bonds is 3. The van der Waals surface area contributed by atoms with E-state index in [9.17, 15) is 5.11 Å². The monoisotopic (exact) mass is 387 g/mol. The number of likely N-dealkylation sites (N-methyl/N-ethyl adjacent to an activating group) is 1. The Balaban J connectivity index is 0.000000706. The molecule has 0 fully saturated rings. The highest BCUT2D eigenvalue weighted by Crippen LogP contribution is 2.55. The van der Waals surface area contributed by atoms with Gasteiger partial charge in [0.25, 0.3) is 0 Å². The molecule has 0 aromatic heterocycles. The molecule has 2 aliphatic rings. The van der Waals surface area contributed by atoms with Gasteiger partial charge in [0.05, 0.1) is 21.3 Å². The average molecular weight is 387 g/mol.